The summed E-state index contributed by atoms with van der Waals surface area (Å²) in [6, 6.07) is 2.86. The minimum absolute atomic E-state index is 0.0316. The number of β-amino-alcohol motifs (C(OH)–C–C–N with tert-alkyl or cyclic N) is 1. The van der Waals surface area contributed by atoms with E-state index in [4.69, 9.17) is 19.3 Å². The van der Waals surface area contributed by atoms with Crippen molar-refractivity contribution in [1.82, 2.24) is 4.90 Å². The molecule has 134 valence electrons. The second-order valence-corrected chi connectivity index (χ2v) is 4.95. The fourth-order valence-corrected chi connectivity index (χ4v) is 2.32. The van der Waals surface area contributed by atoms with E-state index in [0.717, 1.165) is 11.0 Å². The molecule has 0 saturated carbocycles. The highest BCUT2D eigenvalue weighted by Crippen LogP contribution is 2.34. The molecule has 9 heteroatoms. The maximum Gasteiger partial charge on any atom is 0.340 e. The van der Waals surface area contributed by atoms with Crippen LogP contribution in [0.3, 0.4) is 0 Å². The van der Waals surface area contributed by atoms with Crippen LogP contribution in [0.1, 0.15) is 10.4 Å². The van der Waals surface area contributed by atoms with Crippen molar-refractivity contribution in [2.45, 2.75) is 0 Å². The number of benzene rings is 1. The molecule has 1 aliphatic heterocycles. The number of anilines is 1. The highest BCUT2D eigenvalue weighted by molar-refractivity contribution is 6.17. The number of aliphatic hydroxyl groups excluding tert-OH is 1. The van der Waals surface area contributed by atoms with Gasteiger partial charge in [-0.25, -0.2) is 4.79 Å². The van der Waals surface area contributed by atoms with Crippen LogP contribution in [0.25, 0.3) is 0 Å². The molecule has 0 spiro atoms. The van der Waals surface area contributed by atoms with Crippen LogP contribution < -0.4 is 14.8 Å². The molecule has 2 rings (SSSR count). The summed E-state index contributed by atoms with van der Waals surface area (Å²) in [4.78, 5) is 36.9. The SMILES string of the molecule is COC(=O)c1cc(OC)c(OC)cc1NC1=CC(=O)N(CCO)C1=O. The summed E-state index contributed by atoms with van der Waals surface area (Å²) in [5, 5.41) is 11.7. The molecule has 1 aromatic carbocycles. The van der Waals surface area contributed by atoms with Gasteiger partial charge in [0, 0.05) is 18.2 Å². The second kappa shape index (κ2) is 7.67. The molecule has 0 fully saturated rings. The van der Waals surface area contributed by atoms with Crippen molar-refractivity contribution in [2.75, 3.05) is 39.8 Å². The van der Waals surface area contributed by atoms with Gasteiger partial charge in [0.1, 0.15) is 5.70 Å². The number of nitrogens with one attached hydrogen (secondary N) is 1. The molecule has 1 aliphatic rings. The van der Waals surface area contributed by atoms with Crippen LogP contribution in [0.5, 0.6) is 11.5 Å². The van der Waals surface area contributed by atoms with Gasteiger partial charge in [-0.1, -0.05) is 0 Å². The number of carbonyl (C=O) groups excluding carboxylic acids is 3. The van der Waals surface area contributed by atoms with E-state index in [9.17, 15) is 14.4 Å². The molecule has 9 nitrogen and oxygen atoms in total. The van der Waals surface area contributed by atoms with Crippen molar-refractivity contribution in [2.24, 2.45) is 0 Å². The van der Waals surface area contributed by atoms with Gasteiger partial charge < -0.3 is 24.6 Å². The average Bonchev–Trinajstić information content (AvgIpc) is 2.88. The molecule has 2 amide bonds. The van der Waals surface area contributed by atoms with Crippen LogP contribution >= 0.6 is 0 Å². The Morgan fingerprint density at radius 1 is 1.16 bits per heavy atom. The molecular formula is C16H18N2O7. The Balaban J connectivity index is 2.41. The number of nitrogens with zero attached hydrogens (tertiary/aromatic N) is 1. The quantitative estimate of drug-likeness (QED) is 0.527. The number of esters is 1. The summed E-state index contributed by atoms with van der Waals surface area (Å²) >= 11 is 0. The lowest BCUT2D eigenvalue weighted by Crippen LogP contribution is -2.34. The minimum atomic E-state index is -0.659. The molecule has 25 heavy (non-hydrogen) atoms. The van der Waals surface area contributed by atoms with Crippen molar-refractivity contribution in [3.8, 4) is 11.5 Å². The molecule has 0 saturated heterocycles. The number of carbonyl (C=O) groups is 3. The fourth-order valence-electron chi connectivity index (χ4n) is 2.32. The highest BCUT2D eigenvalue weighted by Gasteiger charge is 2.31. The Morgan fingerprint density at radius 3 is 2.36 bits per heavy atom. The molecule has 0 aromatic heterocycles. The largest absolute Gasteiger partial charge is 0.493 e. The molecule has 1 heterocycles. The third-order valence-electron chi connectivity index (χ3n) is 3.53. The summed E-state index contributed by atoms with van der Waals surface area (Å²) in [6.07, 6.45) is 1.09. The molecule has 0 radical (unpaired) electrons. The van der Waals surface area contributed by atoms with E-state index >= 15 is 0 Å². The van der Waals surface area contributed by atoms with Gasteiger partial charge in [-0.05, 0) is 0 Å². The Hall–Kier alpha value is -3.07. The van der Waals surface area contributed by atoms with Gasteiger partial charge in [0.15, 0.2) is 11.5 Å². The molecular weight excluding hydrogens is 332 g/mol. The summed E-state index contributed by atoms with van der Waals surface area (Å²) in [5.74, 6) is -1.19. The first-order valence-electron chi connectivity index (χ1n) is 7.26. The zero-order valence-electron chi connectivity index (χ0n) is 14.0. The summed E-state index contributed by atoms with van der Waals surface area (Å²) < 4.78 is 15.1. The van der Waals surface area contributed by atoms with E-state index in [0.29, 0.717) is 11.5 Å². The zero-order valence-corrected chi connectivity index (χ0v) is 14.0. The van der Waals surface area contributed by atoms with Crippen LogP contribution in [0, 0.1) is 0 Å². The van der Waals surface area contributed by atoms with E-state index in [-0.39, 0.29) is 30.1 Å². The maximum absolute atomic E-state index is 12.2. The van der Waals surface area contributed by atoms with Crippen molar-refractivity contribution in [3.05, 3.63) is 29.5 Å². The number of ether oxygens (including phenoxy) is 3. The van der Waals surface area contributed by atoms with Crippen LogP contribution in [-0.2, 0) is 14.3 Å². The van der Waals surface area contributed by atoms with E-state index in [2.05, 4.69) is 5.32 Å². The number of hydrogen-bond donors (Lipinski definition) is 2. The first-order chi connectivity index (χ1) is 12.0. The summed E-state index contributed by atoms with van der Waals surface area (Å²) in [6.45, 7) is -0.461. The zero-order chi connectivity index (χ0) is 18.6. The monoisotopic (exact) mass is 350 g/mol. The van der Waals surface area contributed by atoms with E-state index < -0.39 is 17.8 Å². The van der Waals surface area contributed by atoms with Gasteiger partial charge in [-0.3, -0.25) is 14.5 Å². The van der Waals surface area contributed by atoms with E-state index in [1.807, 2.05) is 0 Å². The number of aliphatic hydroxyl groups is 1. The molecule has 0 unspecified atom stereocenters. The minimum Gasteiger partial charge on any atom is -0.493 e. The standard InChI is InChI=1S/C16H18N2O7/c1-23-12-6-9(16(22)25-3)10(7-13(12)24-2)17-11-8-14(20)18(4-5-19)15(11)21/h6-8,17,19H,4-5H2,1-3H3. The van der Waals surface area contributed by atoms with Gasteiger partial charge >= 0.3 is 5.97 Å². The lowest BCUT2D eigenvalue weighted by molar-refractivity contribution is -0.137. The van der Waals surface area contributed by atoms with Crippen LogP contribution in [-0.4, -0.2) is 62.3 Å². The van der Waals surface area contributed by atoms with Crippen molar-refractivity contribution in [3.63, 3.8) is 0 Å². The van der Waals surface area contributed by atoms with Gasteiger partial charge in [0.2, 0.25) is 0 Å². The van der Waals surface area contributed by atoms with E-state index in [1.54, 1.807) is 0 Å². The van der Waals surface area contributed by atoms with Crippen molar-refractivity contribution < 1.29 is 33.7 Å². The number of methoxy groups -OCH3 is 3. The molecule has 0 bridgehead atoms. The topological polar surface area (TPSA) is 114 Å². The Bertz CT molecular complexity index is 742. The maximum atomic E-state index is 12.2. The smallest absolute Gasteiger partial charge is 0.340 e. The van der Waals surface area contributed by atoms with Crippen LogP contribution in [0.4, 0.5) is 5.69 Å². The van der Waals surface area contributed by atoms with Gasteiger partial charge in [-0.15, -0.1) is 0 Å². The fraction of sp³-hybridized carbons (Fsp3) is 0.312. The average molecular weight is 350 g/mol. The second-order valence-electron chi connectivity index (χ2n) is 4.95. The third kappa shape index (κ3) is 3.56. The Labute approximate surface area is 143 Å². The predicted octanol–water partition coefficient (Wildman–Crippen LogP) is 0.147. The van der Waals surface area contributed by atoms with Crippen molar-refractivity contribution in [1.29, 1.82) is 0 Å². The molecule has 0 aliphatic carbocycles. The lowest BCUT2D eigenvalue weighted by Gasteiger charge is -2.16. The van der Waals surface area contributed by atoms with Crippen molar-refractivity contribution >= 4 is 23.5 Å². The normalized spacial score (nSPS) is 13.6. The first kappa shape index (κ1) is 18.3. The lowest BCUT2D eigenvalue weighted by atomic mass is 10.1. The van der Waals surface area contributed by atoms with Crippen LogP contribution in [0.2, 0.25) is 0 Å². The van der Waals surface area contributed by atoms with Gasteiger partial charge in [0.05, 0.1) is 45.7 Å². The summed E-state index contributed by atoms with van der Waals surface area (Å²) in [5.41, 5.74) is 0.278. The molecule has 2 N–H and O–H groups in total. The van der Waals surface area contributed by atoms with E-state index in [1.165, 1.54) is 33.5 Å². The third-order valence-corrected chi connectivity index (χ3v) is 3.53. The van der Waals surface area contributed by atoms with Gasteiger partial charge in [-0.2, -0.15) is 0 Å². The Kier molecular flexibility index (Phi) is 5.60. The Morgan fingerprint density at radius 2 is 1.80 bits per heavy atom. The number of amides is 2. The van der Waals surface area contributed by atoms with Gasteiger partial charge in [0.25, 0.3) is 11.8 Å². The molecule has 1 aromatic rings. The predicted molar refractivity (Wildman–Crippen MR) is 86.4 cm³/mol. The number of hydrogen-bond acceptors (Lipinski definition) is 8. The summed E-state index contributed by atoms with van der Waals surface area (Å²) in [7, 11) is 4.06. The first-order valence-corrected chi connectivity index (χ1v) is 7.26. The number of rotatable bonds is 7. The highest BCUT2D eigenvalue weighted by atomic mass is 16.5. The number of imide groups is 1. The molecule has 0 atom stereocenters. The van der Waals surface area contributed by atoms with Crippen LogP contribution in [0.15, 0.2) is 23.9 Å².